The van der Waals surface area contributed by atoms with Crippen LogP contribution in [-0.4, -0.2) is 19.0 Å². The zero-order valence-electron chi connectivity index (χ0n) is 13.4. The van der Waals surface area contributed by atoms with Crippen LogP contribution in [0.1, 0.15) is 46.0 Å². The predicted molar refractivity (Wildman–Crippen MR) is 87.8 cm³/mol. The molecule has 0 amide bonds. The minimum absolute atomic E-state index is 0.189. The number of benzene rings is 2. The Bertz CT molecular complexity index is 674. The highest BCUT2D eigenvalue weighted by molar-refractivity contribution is 6.03. The topological polar surface area (TPSA) is 52.6 Å². The first-order chi connectivity index (χ1) is 11.2. The summed E-state index contributed by atoms with van der Waals surface area (Å²) < 4.78 is 10.0. The lowest BCUT2D eigenvalue weighted by molar-refractivity contribution is 0.0587. The fraction of sp³-hybridized carbons (Fsp3) is 0.263. The average Bonchev–Trinajstić information content (AvgIpc) is 2.60. The molecular formula is C19H20O4. The van der Waals surface area contributed by atoms with Crippen molar-refractivity contribution in [2.24, 2.45) is 0 Å². The van der Waals surface area contributed by atoms with Gasteiger partial charge in [0.2, 0.25) is 0 Å². The quantitative estimate of drug-likeness (QED) is 0.597. The van der Waals surface area contributed by atoms with E-state index >= 15 is 0 Å². The maximum absolute atomic E-state index is 12.3. The fourth-order valence-electron chi connectivity index (χ4n) is 2.22. The molecule has 0 aliphatic heterocycles. The molecule has 120 valence electrons. The summed E-state index contributed by atoms with van der Waals surface area (Å²) in [6, 6.07) is 13.9. The van der Waals surface area contributed by atoms with E-state index in [2.05, 4.69) is 11.7 Å². The fourth-order valence-corrected chi connectivity index (χ4v) is 2.22. The van der Waals surface area contributed by atoms with Crippen LogP contribution in [0.5, 0.6) is 5.75 Å². The van der Waals surface area contributed by atoms with E-state index in [1.165, 1.54) is 18.7 Å². The van der Waals surface area contributed by atoms with Gasteiger partial charge in [0.1, 0.15) is 5.75 Å². The van der Waals surface area contributed by atoms with E-state index in [1.54, 1.807) is 30.3 Å². The molecule has 2 aromatic carbocycles. The summed E-state index contributed by atoms with van der Waals surface area (Å²) >= 11 is 0. The Morgan fingerprint density at radius 2 is 1.52 bits per heavy atom. The van der Waals surface area contributed by atoms with Gasteiger partial charge < -0.3 is 9.47 Å². The number of carbonyl (C=O) groups is 2. The second kappa shape index (κ2) is 8.13. The molecule has 0 heterocycles. The van der Waals surface area contributed by atoms with Gasteiger partial charge in [0.05, 0.1) is 18.2 Å². The van der Waals surface area contributed by atoms with E-state index in [-0.39, 0.29) is 11.1 Å². The van der Waals surface area contributed by atoms with E-state index < -0.39 is 11.9 Å². The van der Waals surface area contributed by atoms with Gasteiger partial charge in [-0.1, -0.05) is 37.6 Å². The van der Waals surface area contributed by atoms with Crippen LogP contribution in [0.25, 0.3) is 0 Å². The number of ether oxygens (including phenoxy) is 2. The third-order valence-corrected chi connectivity index (χ3v) is 3.51. The van der Waals surface area contributed by atoms with Crippen LogP contribution < -0.4 is 4.74 Å². The molecule has 4 nitrogen and oxygen atoms in total. The number of esters is 2. The van der Waals surface area contributed by atoms with E-state index in [0.29, 0.717) is 5.75 Å². The maximum atomic E-state index is 12.3. The second-order valence-corrected chi connectivity index (χ2v) is 5.17. The van der Waals surface area contributed by atoms with Crippen molar-refractivity contribution in [3.05, 3.63) is 65.2 Å². The first-order valence-corrected chi connectivity index (χ1v) is 7.64. The largest absolute Gasteiger partial charge is 0.465 e. The number of hydrogen-bond acceptors (Lipinski definition) is 4. The highest BCUT2D eigenvalue weighted by Crippen LogP contribution is 2.17. The molecule has 0 unspecified atom stereocenters. The molecule has 23 heavy (non-hydrogen) atoms. The standard InChI is InChI=1S/C19H20O4/c1-3-4-7-14-10-12-15(13-11-14)23-19(21)17-9-6-5-8-16(17)18(20)22-2/h5-6,8-13H,3-4,7H2,1-2H3. The van der Waals surface area contributed by atoms with Crippen LogP contribution in [0.3, 0.4) is 0 Å². The Morgan fingerprint density at radius 1 is 0.913 bits per heavy atom. The Balaban J connectivity index is 2.12. The smallest absolute Gasteiger partial charge is 0.344 e. The van der Waals surface area contributed by atoms with Gasteiger partial charge in [-0.05, 0) is 42.7 Å². The summed E-state index contributed by atoms with van der Waals surface area (Å²) in [4.78, 5) is 24.0. The molecule has 0 saturated carbocycles. The Labute approximate surface area is 136 Å². The lowest BCUT2D eigenvalue weighted by Gasteiger charge is -2.08. The van der Waals surface area contributed by atoms with Crippen molar-refractivity contribution in [1.29, 1.82) is 0 Å². The van der Waals surface area contributed by atoms with Gasteiger partial charge in [-0.3, -0.25) is 0 Å². The van der Waals surface area contributed by atoms with Crippen molar-refractivity contribution in [3.63, 3.8) is 0 Å². The zero-order chi connectivity index (χ0) is 16.7. The van der Waals surface area contributed by atoms with Gasteiger partial charge in [-0.15, -0.1) is 0 Å². The molecule has 2 rings (SSSR count). The van der Waals surface area contributed by atoms with Crippen molar-refractivity contribution >= 4 is 11.9 Å². The SMILES string of the molecule is CCCCc1ccc(OC(=O)c2ccccc2C(=O)OC)cc1. The molecule has 0 aliphatic rings. The molecule has 0 saturated heterocycles. The first-order valence-electron chi connectivity index (χ1n) is 7.64. The molecular weight excluding hydrogens is 292 g/mol. The molecule has 4 heteroatoms. The number of methoxy groups -OCH3 is 1. The lowest BCUT2D eigenvalue weighted by atomic mass is 10.1. The Kier molecular flexibility index (Phi) is 5.92. The molecule has 0 spiro atoms. The summed E-state index contributed by atoms with van der Waals surface area (Å²) in [5.41, 5.74) is 1.59. The average molecular weight is 312 g/mol. The van der Waals surface area contributed by atoms with Crippen LogP contribution >= 0.6 is 0 Å². The van der Waals surface area contributed by atoms with Crippen LogP contribution in [0.4, 0.5) is 0 Å². The number of rotatable bonds is 6. The molecule has 0 aromatic heterocycles. The van der Waals surface area contributed by atoms with Crippen molar-refractivity contribution < 1.29 is 19.1 Å². The van der Waals surface area contributed by atoms with Gasteiger partial charge in [0.25, 0.3) is 0 Å². The van der Waals surface area contributed by atoms with E-state index in [4.69, 9.17) is 4.74 Å². The molecule has 0 bridgehead atoms. The number of unbranched alkanes of at least 4 members (excludes halogenated alkanes) is 1. The molecule has 0 fully saturated rings. The second-order valence-electron chi connectivity index (χ2n) is 5.17. The van der Waals surface area contributed by atoms with Gasteiger partial charge in [-0.25, -0.2) is 9.59 Å². The monoisotopic (exact) mass is 312 g/mol. The third kappa shape index (κ3) is 4.42. The van der Waals surface area contributed by atoms with Crippen molar-refractivity contribution in [3.8, 4) is 5.75 Å². The van der Waals surface area contributed by atoms with Gasteiger partial charge in [0.15, 0.2) is 0 Å². The van der Waals surface area contributed by atoms with Crippen LogP contribution in [0.2, 0.25) is 0 Å². The van der Waals surface area contributed by atoms with Gasteiger partial charge in [0, 0.05) is 0 Å². The summed E-state index contributed by atoms with van der Waals surface area (Å²) in [6.07, 6.45) is 3.28. The van der Waals surface area contributed by atoms with Crippen LogP contribution in [0, 0.1) is 0 Å². The van der Waals surface area contributed by atoms with Crippen molar-refractivity contribution in [2.45, 2.75) is 26.2 Å². The minimum Gasteiger partial charge on any atom is -0.465 e. The summed E-state index contributed by atoms with van der Waals surface area (Å²) in [5.74, 6) is -0.685. The molecule has 0 radical (unpaired) electrons. The minimum atomic E-state index is -0.577. The number of aryl methyl sites for hydroxylation is 1. The summed E-state index contributed by atoms with van der Waals surface area (Å²) in [7, 11) is 1.28. The third-order valence-electron chi connectivity index (χ3n) is 3.51. The van der Waals surface area contributed by atoms with Gasteiger partial charge in [-0.2, -0.15) is 0 Å². The van der Waals surface area contributed by atoms with Gasteiger partial charge >= 0.3 is 11.9 Å². The van der Waals surface area contributed by atoms with E-state index in [9.17, 15) is 9.59 Å². The zero-order valence-corrected chi connectivity index (χ0v) is 13.4. The number of carbonyl (C=O) groups excluding carboxylic acids is 2. The number of hydrogen-bond donors (Lipinski definition) is 0. The van der Waals surface area contributed by atoms with E-state index in [0.717, 1.165) is 19.3 Å². The normalized spacial score (nSPS) is 10.2. The van der Waals surface area contributed by atoms with Crippen molar-refractivity contribution in [1.82, 2.24) is 0 Å². The highest BCUT2D eigenvalue weighted by atomic mass is 16.5. The highest BCUT2D eigenvalue weighted by Gasteiger charge is 2.18. The predicted octanol–water partition coefficient (Wildman–Crippen LogP) is 4.04. The molecule has 0 aliphatic carbocycles. The Morgan fingerprint density at radius 3 is 2.09 bits per heavy atom. The summed E-state index contributed by atoms with van der Waals surface area (Å²) in [6.45, 7) is 2.15. The molecule has 2 aromatic rings. The van der Waals surface area contributed by atoms with Crippen molar-refractivity contribution in [2.75, 3.05) is 7.11 Å². The first kappa shape index (κ1) is 16.7. The molecule has 0 N–H and O–H groups in total. The lowest BCUT2D eigenvalue weighted by Crippen LogP contribution is -2.15. The molecule has 0 atom stereocenters. The van der Waals surface area contributed by atoms with E-state index in [1.807, 2.05) is 12.1 Å². The van der Waals surface area contributed by atoms with Crippen LogP contribution in [0.15, 0.2) is 48.5 Å². The maximum Gasteiger partial charge on any atom is 0.344 e. The Hall–Kier alpha value is -2.62. The van der Waals surface area contributed by atoms with Crippen LogP contribution in [-0.2, 0) is 11.2 Å². The summed E-state index contributed by atoms with van der Waals surface area (Å²) in [5, 5.41) is 0.